The lowest BCUT2D eigenvalue weighted by atomic mass is 10.2. The smallest absolute Gasteiger partial charge is 0.287 e. The van der Waals surface area contributed by atoms with Gasteiger partial charge in [0.2, 0.25) is 0 Å². The molecule has 0 spiro atoms. The van der Waals surface area contributed by atoms with E-state index in [2.05, 4.69) is 26.2 Å². The second-order valence-electron chi connectivity index (χ2n) is 5.15. The van der Waals surface area contributed by atoms with Gasteiger partial charge in [-0.05, 0) is 47.1 Å². The topological polar surface area (TPSA) is 55.1 Å². The molecule has 1 amide bonds. The van der Waals surface area contributed by atoms with Gasteiger partial charge < -0.3 is 9.73 Å². The normalized spacial score (nSPS) is 10.8. The Balaban J connectivity index is 1.63. The van der Waals surface area contributed by atoms with Crippen LogP contribution in [0.4, 0.5) is 4.39 Å². The number of aryl methyl sites for hydroxylation is 1. The molecule has 0 fully saturated rings. The first-order chi connectivity index (χ1) is 11.5. The number of furan rings is 1. The molecule has 0 unspecified atom stereocenters. The number of carbonyl (C=O) groups is 1. The van der Waals surface area contributed by atoms with Gasteiger partial charge in [0.1, 0.15) is 10.8 Å². The predicted octanol–water partition coefficient (Wildman–Crippen LogP) is 4.59. The molecule has 0 saturated carbocycles. The summed E-state index contributed by atoms with van der Waals surface area (Å²) in [5.74, 6) is -0.268. The largest absolute Gasteiger partial charge is 0.444 e. The molecule has 2 heterocycles. The Kier molecular flexibility index (Phi) is 5.11. The van der Waals surface area contributed by atoms with Gasteiger partial charge in [0.15, 0.2) is 10.4 Å². The summed E-state index contributed by atoms with van der Waals surface area (Å²) in [6, 6.07) is 9.67. The summed E-state index contributed by atoms with van der Waals surface area (Å²) in [7, 11) is 0. The second-order valence-corrected chi connectivity index (χ2v) is 7.01. The molecule has 0 radical (unpaired) electrons. The van der Waals surface area contributed by atoms with E-state index in [0.29, 0.717) is 17.6 Å². The quantitative estimate of drug-likeness (QED) is 0.671. The number of hydrogen-bond acceptors (Lipinski definition) is 4. The van der Waals surface area contributed by atoms with E-state index in [1.165, 1.54) is 23.5 Å². The maximum atomic E-state index is 13.3. The molecular weight excluding hydrogens is 395 g/mol. The number of halogens is 2. The lowest BCUT2D eigenvalue weighted by molar-refractivity contribution is 0.0925. The lowest BCUT2D eigenvalue weighted by Gasteiger charge is -2.02. The zero-order valence-electron chi connectivity index (χ0n) is 12.8. The highest BCUT2D eigenvalue weighted by Gasteiger charge is 2.12. The highest BCUT2D eigenvalue weighted by atomic mass is 79.9. The van der Waals surface area contributed by atoms with E-state index < -0.39 is 0 Å². The highest BCUT2D eigenvalue weighted by molar-refractivity contribution is 9.10. The molecule has 0 aliphatic rings. The Morgan fingerprint density at radius 2 is 2.21 bits per heavy atom. The molecular formula is C17H14BrFN2O2S. The third-order valence-electron chi connectivity index (χ3n) is 3.40. The number of nitrogens with zero attached hydrogens (tertiary/aromatic N) is 1. The summed E-state index contributed by atoms with van der Waals surface area (Å²) in [5, 5.41) is 3.59. The monoisotopic (exact) mass is 408 g/mol. The van der Waals surface area contributed by atoms with Gasteiger partial charge in [-0.15, -0.1) is 11.3 Å². The summed E-state index contributed by atoms with van der Waals surface area (Å²) < 4.78 is 19.1. The van der Waals surface area contributed by atoms with Crippen LogP contribution in [0.25, 0.3) is 10.6 Å². The Hall–Kier alpha value is -1.99. The van der Waals surface area contributed by atoms with Gasteiger partial charge in [-0.1, -0.05) is 12.1 Å². The van der Waals surface area contributed by atoms with E-state index in [0.717, 1.165) is 21.1 Å². The summed E-state index contributed by atoms with van der Waals surface area (Å²) in [6.45, 7) is 2.39. The first kappa shape index (κ1) is 16.9. The number of benzene rings is 1. The molecule has 3 rings (SSSR count). The van der Waals surface area contributed by atoms with Crippen molar-refractivity contribution in [1.29, 1.82) is 0 Å². The second kappa shape index (κ2) is 7.27. The summed E-state index contributed by atoms with van der Waals surface area (Å²) in [4.78, 5) is 17.5. The van der Waals surface area contributed by atoms with Crippen molar-refractivity contribution >= 4 is 33.2 Å². The van der Waals surface area contributed by atoms with Crippen LogP contribution >= 0.6 is 27.3 Å². The number of amides is 1. The maximum absolute atomic E-state index is 13.3. The molecule has 0 aliphatic carbocycles. The number of rotatable bonds is 5. The van der Waals surface area contributed by atoms with E-state index >= 15 is 0 Å². The SMILES string of the molecule is Cc1nc(-c2cccc(F)c2)sc1CCNC(=O)c1ccc(Br)o1. The Morgan fingerprint density at radius 1 is 1.38 bits per heavy atom. The van der Waals surface area contributed by atoms with Crippen molar-refractivity contribution in [2.45, 2.75) is 13.3 Å². The van der Waals surface area contributed by atoms with Gasteiger partial charge in [0, 0.05) is 23.4 Å². The Morgan fingerprint density at radius 3 is 2.92 bits per heavy atom. The molecule has 0 saturated heterocycles. The van der Waals surface area contributed by atoms with Gasteiger partial charge in [-0.3, -0.25) is 4.79 Å². The Labute approximate surface area is 150 Å². The van der Waals surface area contributed by atoms with Crippen molar-refractivity contribution in [2.75, 3.05) is 6.54 Å². The van der Waals surface area contributed by atoms with Crippen molar-refractivity contribution in [3.63, 3.8) is 0 Å². The summed E-state index contributed by atoms with van der Waals surface area (Å²) in [5.41, 5.74) is 1.66. The minimum atomic E-state index is -0.279. The molecule has 124 valence electrons. The van der Waals surface area contributed by atoms with Crippen LogP contribution in [-0.2, 0) is 6.42 Å². The number of thiazole rings is 1. The minimum Gasteiger partial charge on any atom is -0.444 e. The minimum absolute atomic E-state index is 0.256. The van der Waals surface area contributed by atoms with Crippen molar-refractivity contribution in [1.82, 2.24) is 10.3 Å². The average molecular weight is 409 g/mol. The van der Waals surface area contributed by atoms with Crippen molar-refractivity contribution < 1.29 is 13.6 Å². The third kappa shape index (κ3) is 3.91. The third-order valence-corrected chi connectivity index (χ3v) is 5.09. The van der Waals surface area contributed by atoms with E-state index in [1.54, 1.807) is 18.2 Å². The fourth-order valence-corrected chi connectivity index (χ4v) is 3.58. The van der Waals surface area contributed by atoms with Gasteiger partial charge in [0.25, 0.3) is 5.91 Å². The average Bonchev–Trinajstić information content (AvgIpc) is 3.14. The number of hydrogen-bond donors (Lipinski definition) is 1. The van der Waals surface area contributed by atoms with Gasteiger partial charge in [0.05, 0.1) is 5.69 Å². The van der Waals surface area contributed by atoms with Crippen molar-refractivity contribution in [2.24, 2.45) is 0 Å². The standard InChI is InChI=1S/C17H14BrFN2O2S/c1-10-14(7-8-20-16(22)13-5-6-15(18)23-13)24-17(21-10)11-3-2-4-12(19)9-11/h2-6,9H,7-8H2,1H3,(H,20,22). The first-order valence-corrected chi connectivity index (χ1v) is 8.89. The lowest BCUT2D eigenvalue weighted by Crippen LogP contribution is -2.25. The molecule has 3 aromatic rings. The van der Waals surface area contributed by atoms with Crippen LogP contribution in [-0.4, -0.2) is 17.4 Å². The van der Waals surface area contributed by atoms with Gasteiger partial charge in [-0.25, -0.2) is 9.37 Å². The number of nitrogens with one attached hydrogen (secondary N) is 1. The molecule has 4 nitrogen and oxygen atoms in total. The molecule has 2 aromatic heterocycles. The van der Waals surface area contributed by atoms with E-state index in [-0.39, 0.29) is 17.5 Å². The maximum Gasteiger partial charge on any atom is 0.287 e. The van der Waals surface area contributed by atoms with E-state index in [9.17, 15) is 9.18 Å². The van der Waals surface area contributed by atoms with Crippen LogP contribution in [0.1, 0.15) is 21.1 Å². The first-order valence-electron chi connectivity index (χ1n) is 7.28. The number of aromatic nitrogens is 1. The number of carbonyl (C=O) groups excluding carboxylic acids is 1. The van der Waals surface area contributed by atoms with Crippen molar-refractivity contribution in [3.05, 3.63) is 63.2 Å². The zero-order chi connectivity index (χ0) is 17.1. The molecule has 24 heavy (non-hydrogen) atoms. The molecule has 0 atom stereocenters. The van der Waals surface area contributed by atoms with E-state index in [1.807, 2.05) is 13.0 Å². The summed E-state index contributed by atoms with van der Waals surface area (Å²) >= 11 is 4.68. The van der Waals surface area contributed by atoms with E-state index in [4.69, 9.17) is 4.42 Å². The van der Waals surface area contributed by atoms with Crippen LogP contribution < -0.4 is 5.32 Å². The molecule has 0 aliphatic heterocycles. The van der Waals surface area contributed by atoms with Gasteiger partial charge >= 0.3 is 0 Å². The van der Waals surface area contributed by atoms with Crippen LogP contribution in [0.2, 0.25) is 0 Å². The van der Waals surface area contributed by atoms with Crippen LogP contribution in [0.5, 0.6) is 0 Å². The molecule has 0 bridgehead atoms. The van der Waals surface area contributed by atoms with Crippen LogP contribution in [0.15, 0.2) is 45.5 Å². The highest BCUT2D eigenvalue weighted by Crippen LogP contribution is 2.28. The predicted molar refractivity (Wildman–Crippen MR) is 94.7 cm³/mol. The molecule has 1 aromatic carbocycles. The van der Waals surface area contributed by atoms with Crippen LogP contribution in [0, 0.1) is 12.7 Å². The zero-order valence-corrected chi connectivity index (χ0v) is 15.2. The van der Waals surface area contributed by atoms with Crippen molar-refractivity contribution in [3.8, 4) is 10.6 Å². The molecule has 7 heteroatoms. The summed E-state index contributed by atoms with van der Waals surface area (Å²) in [6.07, 6.45) is 0.659. The fraction of sp³-hybridized carbons (Fsp3) is 0.176. The fourth-order valence-electron chi connectivity index (χ4n) is 2.22. The Bertz CT molecular complexity index is 875. The molecule has 1 N–H and O–H groups in total. The van der Waals surface area contributed by atoms with Gasteiger partial charge in [-0.2, -0.15) is 0 Å². The van der Waals surface area contributed by atoms with Crippen LogP contribution in [0.3, 0.4) is 0 Å².